The molecule has 1 fully saturated rings. The molecule has 0 spiro atoms. The van der Waals surface area contributed by atoms with E-state index in [9.17, 15) is 13.2 Å². The van der Waals surface area contributed by atoms with Gasteiger partial charge in [0, 0.05) is 36.0 Å². The molecule has 2 aromatic rings. The Morgan fingerprint density at radius 3 is 2.41 bits per heavy atom. The number of sulfonamides is 1. The van der Waals surface area contributed by atoms with Crippen molar-refractivity contribution in [1.82, 2.24) is 9.21 Å². The predicted octanol–water partition coefficient (Wildman–Crippen LogP) is 3.77. The number of hydrogen-bond donors (Lipinski definition) is 0. The Balaban J connectivity index is 1.60. The highest BCUT2D eigenvalue weighted by atomic mass is 35.5. The van der Waals surface area contributed by atoms with Gasteiger partial charge >= 0.3 is 0 Å². The highest BCUT2D eigenvalue weighted by Gasteiger charge is 2.33. The van der Waals surface area contributed by atoms with Crippen LogP contribution in [0.15, 0.2) is 40.6 Å². The summed E-state index contributed by atoms with van der Waals surface area (Å²) in [6.45, 7) is 3.36. The van der Waals surface area contributed by atoms with E-state index in [0.29, 0.717) is 37.5 Å². The largest absolute Gasteiger partial charge is 0.340 e. The number of thiophene rings is 1. The summed E-state index contributed by atoms with van der Waals surface area (Å²) in [5.41, 5.74) is 1.20. The van der Waals surface area contributed by atoms with Gasteiger partial charge in [0.2, 0.25) is 15.9 Å². The maximum absolute atomic E-state index is 12.7. The number of rotatable bonds is 5. The van der Waals surface area contributed by atoms with E-state index in [-0.39, 0.29) is 16.7 Å². The topological polar surface area (TPSA) is 57.7 Å². The number of hydrogen-bond acceptors (Lipinski definition) is 4. The zero-order valence-electron chi connectivity index (χ0n) is 15.4. The fourth-order valence-electron chi connectivity index (χ4n) is 3.27. The Kier molecular flexibility index (Phi) is 6.25. The number of benzene rings is 1. The van der Waals surface area contributed by atoms with E-state index in [2.05, 4.69) is 6.07 Å². The van der Waals surface area contributed by atoms with Crippen LogP contribution in [0.2, 0.25) is 5.02 Å². The van der Waals surface area contributed by atoms with Gasteiger partial charge in [-0.3, -0.25) is 4.79 Å². The lowest BCUT2D eigenvalue weighted by atomic mass is 9.96. The van der Waals surface area contributed by atoms with Crippen molar-refractivity contribution in [3.05, 3.63) is 51.2 Å². The van der Waals surface area contributed by atoms with Crippen LogP contribution in [-0.2, 0) is 21.4 Å². The summed E-state index contributed by atoms with van der Waals surface area (Å²) in [4.78, 5) is 15.9. The summed E-state index contributed by atoms with van der Waals surface area (Å²) in [5.74, 6) is -0.0433. The number of piperidine rings is 1. The summed E-state index contributed by atoms with van der Waals surface area (Å²) in [6.07, 6.45) is 1.08. The van der Waals surface area contributed by atoms with Crippen molar-refractivity contribution < 1.29 is 13.2 Å². The minimum atomic E-state index is -3.54. The van der Waals surface area contributed by atoms with Crippen LogP contribution in [-0.4, -0.2) is 43.7 Å². The Bertz CT molecular complexity index is 901. The molecule has 1 saturated heterocycles. The first-order valence-electron chi connectivity index (χ1n) is 8.82. The van der Waals surface area contributed by atoms with Crippen LogP contribution in [0.4, 0.5) is 0 Å². The monoisotopic (exact) mass is 426 g/mol. The van der Waals surface area contributed by atoms with Crippen molar-refractivity contribution in [1.29, 1.82) is 0 Å². The van der Waals surface area contributed by atoms with Gasteiger partial charge in [0.1, 0.15) is 0 Å². The molecule has 0 radical (unpaired) electrons. The van der Waals surface area contributed by atoms with E-state index in [1.54, 1.807) is 28.4 Å². The predicted molar refractivity (Wildman–Crippen MR) is 108 cm³/mol. The first-order valence-corrected chi connectivity index (χ1v) is 11.5. The number of carbonyl (C=O) groups is 1. The molecule has 0 saturated carbocycles. The molecule has 1 aromatic carbocycles. The van der Waals surface area contributed by atoms with E-state index < -0.39 is 10.0 Å². The lowest BCUT2D eigenvalue weighted by molar-refractivity contribution is -0.135. The third kappa shape index (κ3) is 4.54. The van der Waals surface area contributed by atoms with Gasteiger partial charge in [0.15, 0.2) is 0 Å². The van der Waals surface area contributed by atoms with Crippen molar-refractivity contribution in [2.24, 2.45) is 5.92 Å². The van der Waals surface area contributed by atoms with Gasteiger partial charge in [-0.15, -0.1) is 11.3 Å². The second kappa shape index (κ2) is 8.31. The average Bonchev–Trinajstić information content (AvgIpc) is 3.06. The van der Waals surface area contributed by atoms with Gasteiger partial charge in [0.05, 0.1) is 11.4 Å². The molecule has 0 unspecified atom stereocenters. The molecule has 146 valence electrons. The van der Waals surface area contributed by atoms with E-state index in [1.165, 1.54) is 26.9 Å². The first kappa shape index (κ1) is 20.3. The van der Waals surface area contributed by atoms with Crippen molar-refractivity contribution in [3.63, 3.8) is 0 Å². The molecular formula is C19H23ClN2O3S2. The third-order valence-electron chi connectivity index (χ3n) is 4.98. The fraction of sp³-hybridized carbons (Fsp3) is 0.421. The summed E-state index contributed by atoms with van der Waals surface area (Å²) in [6, 6.07) is 8.25. The zero-order valence-corrected chi connectivity index (χ0v) is 17.8. The Morgan fingerprint density at radius 1 is 1.22 bits per heavy atom. The van der Waals surface area contributed by atoms with Crippen molar-refractivity contribution in [2.45, 2.75) is 31.2 Å². The highest BCUT2D eigenvalue weighted by molar-refractivity contribution is 7.89. The van der Waals surface area contributed by atoms with Crippen molar-refractivity contribution in [3.8, 4) is 0 Å². The number of halogens is 1. The van der Waals surface area contributed by atoms with Crippen LogP contribution < -0.4 is 0 Å². The standard InChI is InChI=1S/C19H23ClN2O3S2/c1-14-9-12-26-18(14)13-21(2)19(23)15-7-10-22(11-8-15)27(24,25)17-5-3-16(20)4-6-17/h3-6,9,12,15H,7-8,10-11,13H2,1-2H3. The zero-order chi connectivity index (χ0) is 19.6. The van der Waals surface area contributed by atoms with Crippen LogP contribution in [0.1, 0.15) is 23.3 Å². The molecular weight excluding hydrogens is 404 g/mol. The Hall–Kier alpha value is -1.41. The minimum Gasteiger partial charge on any atom is -0.340 e. The normalized spacial score (nSPS) is 16.4. The second-order valence-corrected chi connectivity index (χ2v) is 10.2. The summed E-state index contributed by atoms with van der Waals surface area (Å²) < 4.78 is 27.0. The Morgan fingerprint density at radius 2 is 1.85 bits per heavy atom. The molecule has 0 aliphatic carbocycles. The first-order chi connectivity index (χ1) is 12.8. The average molecular weight is 427 g/mol. The second-order valence-electron chi connectivity index (χ2n) is 6.85. The third-order valence-corrected chi connectivity index (χ3v) is 8.15. The number of nitrogens with zero attached hydrogens (tertiary/aromatic N) is 2. The van der Waals surface area contributed by atoms with Crippen molar-refractivity contribution >= 4 is 38.9 Å². The lowest BCUT2D eigenvalue weighted by Crippen LogP contribution is -2.43. The van der Waals surface area contributed by atoms with E-state index in [4.69, 9.17) is 11.6 Å². The molecule has 1 aliphatic heterocycles. The summed E-state index contributed by atoms with van der Waals surface area (Å²) in [5, 5.41) is 2.53. The van der Waals surface area contributed by atoms with Gasteiger partial charge < -0.3 is 4.90 Å². The SMILES string of the molecule is Cc1ccsc1CN(C)C(=O)C1CCN(S(=O)(=O)c2ccc(Cl)cc2)CC1. The molecule has 27 heavy (non-hydrogen) atoms. The molecule has 1 aliphatic rings. The van der Waals surface area contributed by atoms with Gasteiger partial charge in [-0.2, -0.15) is 4.31 Å². The van der Waals surface area contributed by atoms with Gasteiger partial charge in [0.25, 0.3) is 0 Å². The quantitative estimate of drug-likeness (QED) is 0.731. The van der Waals surface area contributed by atoms with Gasteiger partial charge in [-0.05, 0) is 61.0 Å². The number of amides is 1. The van der Waals surface area contributed by atoms with Gasteiger partial charge in [-0.1, -0.05) is 11.6 Å². The maximum Gasteiger partial charge on any atom is 0.243 e. The molecule has 0 bridgehead atoms. The smallest absolute Gasteiger partial charge is 0.243 e. The minimum absolute atomic E-state index is 0.0892. The highest BCUT2D eigenvalue weighted by Crippen LogP contribution is 2.26. The van der Waals surface area contributed by atoms with Crippen LogP contribution in [0.3, 0.4) is 0 Å². The van der Waals surface area contributed by atoms with Gasteiger partial charge in [-0.25, -0.2) is 8.42 Å². The molecule has 3 rings (SSSR count). The van der Waals surface area contributed by atoms with E-state index in [1.807, 2.05) is 19.4 Å². The van der Waals surface area contributed by atoms with Crippen LogP contribution in [0, 0.1) is 12.8 Å². The van der Waals surface area contributed by atoms with E-state index >= 15 is 0 Å². The molecule has 0 atom stereocenters. The fourth-order valence-corrected chi connectivity index (χ4v) is 5.82. The molecule has 1 aromatic heterocycles. The van der Waals surface area contributed by atoms with Crippen LogP contribution in [0.5, 0.6) is 0 Å². The maximum atomic E-state index is 12.7. The lowest BCUT2D eigenvalue weighted by Gasteiger charge is -2.32. The number of aryl methyl sites for hydroxylation is 1. The van der Waals surface area contributed by atoms with Crippen LogP contribution >= 0.6 is 22.9 Å². The summed E-state index contributed by atoms with van der Waals surface area (Å²) >= 11 is 7.50. The van der Waals surface area contributed by atoms with Crippen molar-refractivity contribution in [2.75, 3.05) is 20.1 Å². The Labute approximate surface area is 169 Å². The molecule has 2 heterocycles. The molecule has 8 heteroatoms. The van der Waals surface area contributed by atoms with E-state index in [0.717, 1.165) is 0 Å². The van der Waals surface area contributed by atoms with Crippen LogP contribution in [0.25, 0.3) is 0 Å². The number of carbonyl (C=O) groups excluding carboxylic acids is 1. The summed E-state index contributed by atoms with van der Waals surface area (Å²) in [7, 11) is -1.73. The molecule has 0 N–H and O–H groups in total. The molecule has 1 amide bonds. The molecule has 5 nitrogen and oxygen atoms in total.